The van der Waals surface area contributed by atoms with Crippen LogP contribution in [0.25, 0.3) is 75.2 Å². The predicted molar refractivity (Wildman–Crippen MR) is 210 cm³/mol. The second-order valence-corrected chi connectivity index (χ2v) is 14.2. The molecule has 0 saturated carbocycles. The number of rotatable bonds is 3. The SMILES string of the molecule is N#Cc1cccc(N2C(=O)c3ccccc3C2=O)c1-n1c2ccccc2c2c3c4ccccc4n(-c4ccc5sc6ccccc6c5c4)c3ccc21. The van der Waals surface area contributed by atoms with Crippen molar-refractivity contribution in [2.45, 2.75) is 0 Å². The van der Waals surface area contributed by atoms with E-state index in [-0.39, 0.29) is 0 Å². The highest BCUT2D eigenvalue weighted by atomic mass is 32.1. The minimum Gasteiger partial charge on any atom is -0.309 e. The summed E-state index contributed by atoms with van der Waals surface area (Å²) >= 11 is 1.81. The summed E-state index contributed by atoms with van der Waals surface area (Å²) in [7, 11) is 0. The van der Waals surface area contributed by atoms with Gasteiger partial charge in [0.25, 0.3) is 11.8 Å². The number of para-hydroxylation sites is 3. The van der Waals surface area contributed by atoms with Crippen LogP contribution < -0.4 is 4.90 Å². The van der Waals surface area contributed by atoms with Crippen LogP contribution in [-0.2, 0) is 0 Å². The Balaban J connectivity index is 1.24. The van der Waals surface area contributed by atoms with E-state index in [2.05, 4.69) is 100 Å². The van der Waals surface area contributed by atoms with Gasteiger partial charge in [-0.1, -0.05) is 72.8 Å². The van der Waals surface area contributed by atoms with Gasteiger partial charge in [-0.25, -0.2) is 4.90 Å². The van der Waals surface area contributed by atoms with Gasteiger partial charge in [-0.3, -0.25) is 9.59 Å². The maximum absolute atomic E-state index is 13.9. The van der Waals surface area contributed by atoms with Gasteiger partial charge in [-0.2, -0.15) is 5.26 Å². The number of hydrogen-bond donors (Lipinski definition) is 0. The Morgan fingerprint density at radius 2 is 1.08 bits per heavy atom. The first-order chi connectivity index (χ1) is 25.6. The van der Waals surface area contributed by atoms with Crippen molar-refractivity contribution in [3.05, 3.63) is 162 Å². The van der Waals surface area contributed by atoms with Gasteiger partial charge >= 0.3 is 0 Å². The molecule has 0 unspecified atom stereocenters. The summed E-state index contributed by atoms with van der Waals surface area (Å²) in [6, 6.07) is 50.7. The Morgan fingerprint density at radius 3 is 1.77 bits per heavy atom. The molecule has 11 rings (SSSR count). The van der Waals surface area contributed by atoms with Crippen molar-refractivity contribution >= 4 is 92.6 Å². The number of carbonyl (C=O) groups is 2. The molecule has 7 heteroatoms. The van der Waals surface area contributed by atoms with Crippen LogP contribution in [0.3, 0.4) is 0 Å². The predicted octanol–water partition coefficient (Wildman–Crippen LogP) is 10.9. The molecule has 0 bridgehead atoms. The molecule has 1 aliphatic rings. The fraction of sp³-hybridized carbons (Fsp3) is 0. The molecular weight excluding hydrogens is 661 g/mol. The molecule has 0 spiro atoms. The first-order valence-electron chi connectivity index (χ1n) is 17.0. The number of benzene rings is 7. The van der Waals surface area contributed by atoms with Crippen molar-refractivity contribution < 1.29 is 9.59 Å². The van der Waals surface area contributed by atoms with Crippen LogP contribution >= 0.6 is 11.3 Å². The van der Waals surface area contributed by atoms with Gasteiger partial charge in [0.1, 0.15) is 6.07 Å². The minimum atomic E-state index is -0.404. The zero-order valence-electron chi connectivity index (χ0n) is 27.4. The lowest BCUT2D eigenvalue weighted by molar-refractivity contribution is 0.0926. The van der Waals surface area contributed by atoms with Gasteiger partial charge in [0, 0.05) is 47.4 Å². The van der Waals surface area contributed by atoms with E-state index in [0.29, 0.717) is 28.1 Å². The molecule has 4 heterocycles. The highest BCUT2D eigenvalue weighted by Crippen LogP contribution is 2.45. The third-order valence-electron chi connectivity index (χ3n) is 10.5. The normalized spacial score (nSPS) is 13.0. The largest absolute Gasteiger partial charge is 0.309 e. The Bertz CT molecular complexity index is 3230. The van der Waals surface area contributed by atoms with Crippen LogP contribution in [0.5, 0.6) is 0 Å². The number of thiophene rings is 1. The number of amides is 2. The molecule has 242 valence electrons. The van der Waals surface area contributed by atoms with Crippen LogP contribution in [0, 0.1) is 11.3 Å². The Morgan fingerprint density at radius 1 is 0.500 bits per heavy atom. The molecule has 10 aromatic rings. The number of fused-ring (bicyclic) bond motifs is 11. The molecule has 0 N–H and O–H groups in total. The zero-order valence-corrected chi connectivity index (χ0v) is 28.2. The van der Waals surface area contributed by atoms with Crippen molar-refractivity contribution in [3.63, 3.8) is 0 Å². The summed E-state index contributed by atoms with van der Waals surface area (Å²) in [4.78, 5) is 28.9. The maximum atomic E-state index is 13.9. The fourth-order valence-electron chi connectivity index (χ4n) is 8.34. The summed E-state index contributed by atoms with van der Waals surface area (Å²) in [5, 5.41) is 17.3. The number of carbonyl (C=O) groups excluding carboxylic acids is 2. The number of anilines is 1. The van der Waals surface area contributed by atoms with Crippen molar-refractivity contribution in [2.24, 2.45) is 0 Å². The number of aromatic nitrogens is 2. The minimum absolute atomic E-state index is 0.353. The average molecular weight is 685 g/mol. The molecule has 0 aliphatic carbocycles. The van der Waals surface area contributed by atoms with E-state index < -0.39 is 11.8 Å². The van der Waals surface area contributed by atoms with Crippen LogP contribution in [-0.4, -0.2) is 20.9 Å². The lowest BCUT2D eigenvalue weighted by Gasteiger charge is -2.21. The van der Waals surface area contributed by atoms with E-state index in [1.165, 1.54) is 25.1 Å². The quantitative estimate of drug-likeness (QED) is 0.174. The van der Waals surface area contributed by atoms with Crippen LogP contribution in [0.15, 0.2) is 146 Å². The molecule has 0 atom stereocenters. The number of imide groups is 1. The molecule has 2 amide bonds. The molecule has 6 nitrogen and oxygen atoms in total. The molecule has 0 saturated heterocycles. The molecule has 0 radical (unpaired) electrons. The summed E-state index contributed by atoms with van der Waals surface area (Å²) in [6.07, 6.45) is 0. The molecule has 3 aromatic heterocycles. The highest BCUT2D eigenvalue weighted by molar-refractivity contribution is 7.25. The molecule has 1 aliphatic heterocycles. The van der Waals surface area contributed by atoms with E-state index in [1.807, 2.05) is 29.5 Å². The van der Waals surface area contributed by atoms with E-state index in [4.69, 9.17) is 0 Å². The van der Waals surface area contributed by atoms with Crippen molar-refractivity contribution in [1.82, 2.24) is 9.13 Å². The first-order valence-corrected chi connectivity index (χ1v) is 17.8. The standard InChI is InChI=1S/C45H24N4O2S/c46-25-26-10-9-18-38(49-44(50)29-12-1-2-13-30(29)45(49)51)43(26)48-35-17-7-4-15-32(35)42-37(48)22-21-36-41(42)31-14-3-6-16-34(31)47(36)27-20-23-40-33(24-27)28-11-5-8-19-39(28)52-40/h1-24H. The Hall–Kier alpha value is -7.01. The molecular formula is C45H24N4O2S. The zero-order chi connectivity index (χ0) is 34.7. The second-order valence-electron chi connectivity index (χ2n) is 13.1. The maximum Gasteiger partial charge on any atom is 0.266 e. The van der Waals surface area contributed by atoms with Gasteiger partial charge in [0.05, 0.1) is 50.1 Å². The van der Waals surface area contributed by atoms with Crippen LogP contribution in [0.4, 0.5) is 5.69 Å². The van der Waals surface area contributed by atoms with Crippen molar-refractivity contribution in [3.8, 4) is 17.4 Å². The van der Waals surface area contributed by atoms with Crippen LogP contribution in [0.1, 0.15) is 26.3 Å². The second kappa shape index (κ2) is 10.5. The van der Waals surface area contributed by atoms with Gasteiger partial charge in [-0.05, 0) is 72.8 Å². The van der Waals surface area contributed by atoms with E-state index in [9.17, 15) is 14.9 Å². The van der Waals surface area contributed by atoms with Crippen molar-refractivity contribution in [1.29, 1.82) is 5.26 Å². The lowest BCUT2D eigenvalue weighted by Crippen LogP contribution is -2.30. The van der Waals surface area contributed by atoms with Crippen molar-refractivity contribution in [2.75, 3.05) is 4.90 Å². The first kappa shape index (κ1) is 28.8. The topological polar surface area (TPSA) is 71.0 Å². The number of nitriles is 1. The van der Waals surface area contributed by atoms with E-state index >= 15 is 0 Å². The summed E-state index contributed by atoms with van der Waals surface area (Å²) < 4.78 is 6.91. The van der Waals surface area contributed by atoms with Crippen LogP contribution in [0.2, 0.25) is 0 Å². The van der Waals surface area contributed by atoms with Gasteiger partial charge < -0.3 is 9.13 Å². The summed E-state index contributed by atoms with van der Waals surface area (Å²) in [6.45, 7) is 0. The number of nitrogens with zero attached hydrogens (tertiary/aromatic N) is 4. The summed E-state index contributed by atoms with van der Waals surface area (Å²) in [5.74, 6) is -0.808. The molecule has 52 heavy (non-hydrogen) atoms. The Labute approximate surface area is 300 Å². The van der Waals surface area contributed by atoms with E-state index in [0.717, 1.165) is 49.3 Å². The molecule has 0 fully saturated rings. The average Bonchev–Trinajstić information content (AvgIpc) is 3.90. The summed E-state index contributed by atoms with van der Waals surface area (Å²) in [5.41, 5.74) is 6.88. The lowest BCUT2D eigenvalue weighted by atomic mass is 10.1. The molecule has 7 aromatic carbocycles. The highest BCUT2D eigenvalue weighted by Gasteiger charge is 2.38. The van der Waals surface area contributed by atoms with Gasteiger partial charge in [0.15, 0.2) is 0 Å². The third kappa shape index (κ3) is 3.71. The third-order valence-corrected chi connectivity index (χ3v) is 11.6. The van der Waals surface area contributed by atoms with Gasteiger partial charge in [-0.15, -0.1) is 11.3 Å². The van der Waals surface area contributed by atoms with E-state index in [1.54, 1.807) is 42.5 Å². The number of hydrogen-bond acceptors (Lipinski definition) is 4. The Kier molecular flexibility index (Phi) is 5.81. The monoisotopic (exact) mass is 684 g/mol. The fourth-order valence-corrected chi connectivity index (χ4v) is 9.42. The van der Waals surface area contributed by atoms with Gasteiger partial charge in [0.2, 0.25) is 0 Å². The smallest absolute Gasteiger partial charge is 0.266 e.